The van der Waals surface area contributed by atoms with Crippen molar-refractivity contribution in [3.8, 4) is 0 Å². The smallest absolute Gasteiger partial charge is 0.227 e. The number of amides is 1. The van der Waals surface area contributed by atoms with Gasteiger partial charge in [0.05, 0.1) is 12.5 Å². The molecule has 2 rings (SSSR count). The molecule has 0 bridgehead atoms. The summed E-state index contributed by atoms with van der Waals surface area (Å²) in [6, 6.07) is 8.04. The molecule has 1 aliphatic rings. The van der Waals surface area contributed by atoms with Crippen LogP contribution in [-0.2, 0) is 4.79 Å². The number of aliphatic hydroxyl groups excluding tert-OH is 1. The third-order valence-electron chi connectivity index (χ3n) is 2.76. The lowest BCUT2D eigenvalue weighted by Crippen LogP contribution is -2.46. The third kappa shape index (κ3) is 1.30. The van der Waals surface area contributed by atoms with Crippen molar-refractivity contribution in [3.05, 3.63) is 35.4 Å². The van der Waals surface area contributed by atoms with Crippen molar-refractivity contribution in [2.75, 3.05) is 6.73 Å². The predicted molar refractivity (Wildman–Crippen MR) is 52.5 cm³/mol. The molecule has 74 valence electrons. The van der Waals surface area contributed by atoms with Gasteiger partial charge < -0.3 is 10.0 Å². The predicted octanol–water partition coefficient (Wildman–Crippen LogP) is 1.22. The first-order valence-corrected chi connectivity index (χ1v) is 4.70. The summed E-state index contributed by atoms with van der Waals surface area (Å²) in [5, 5.41) is 8.98. The van der Waals surface area contributed by atoms with Crippen LogP contribution >= 0.6 is 0 Å². The number of carbonyl (C=O) groups is 1. The van der Waals surface area contributed by atoms with E-state index in [0.29, 0.717) is 6.42 Å². The topological polar surface area (TPSA) is 40.5 Å². The standard InChI is InChI=1S/C11H13NO2/c1-8-4-2-3-5-9(8)10-6-11(14)12(10)7-13/h2-5,10,13H,6-7H2,1H3/t10-/m1/s1. The molecule has 3 heteroatoms. The van der Waals surface area contributed by atoms with E-state index in [4.69, 9.17) is 5.11 Å². The maximum absolute atomic E-state index is 11.1. The highest BCUT2D eigenvalue weighted by atomic mass is 16.3. The number of aliphatic hydroxyl groups is 1. The Bertz CT molecular complexity index is 362. The first kappa shape index (κ1) is 9.21. The Morgan fingerprint density at radius 1 is 1.50 bits per heavy atom. The van der Waals surface area contributed by atoms with E-state index in [2.05, 4.69) is 0 Å². The molecule has 1 aromatic rings. The number of hydrogen-bond donors (Lipinski definition) is 1. The minimum atomic E-state index is -0.183. The van der Waals surface area contributed by atoms with E-state index in [1.807, 2.05) is 31.2 Å². The SMILES string of the molecule is Cc1ccccc1[C@H]1CC(=O)N1CO. The van der Waals surface area contributed by atoms with Gasteiger partial charge in [0, 0.05) is 0 Å². The molecule has 1 fully saturated rings. The zero-order valence-electron chi connectivity index (χ0n) is 8.10. The quantitative estimate of drug-likeness (QED) is 0.714. The van der Waals surface area contributed by atoms with Crippen LogP contribution in [-0.4, -0.2) is 22.6 Å². The molecule has 1 amide bonds. The molecule has 0 saturated carbocycles. The minimum absolute atomic E-state index is 0.0285. The first-order chi connectivity index (χ1) is 6.74. The molecule has 0 unspecified atom stereocenters. The van der Waals surface area contributed by atoms with Crippen molar-refractivity contribution in [1.82, 2.24) is 4.90 Å². The molecule has 14 heavy (non-hydrogen) atoms. The summed E-state index contributed by atoms with van der Waals surface area (Å²) in [7, 11) is 0. The number of aryl methyl sites for hydroxylation is 1. The Hall–Kier alpha value is -1.35. The molecule has 0 spiro atoms. The van der Waals surface area contributed by atoms with Gasteiger partial charge >= 0.3 is 0 Å². The Labute approximate surface area is 83.0 Å². The number of likely N-dealkylation sites (tertiary alicyclic amines) is 1. The zero-order chi connectivity index (χ0) is 10.1. The summed E-state index contributed by atoms with van der Waals surface area (Å²) in [5.74, 6) is 0.0285. The lowest BCUT2D eigenvalue weighted by atomic mass is 9.91. The molecule has 1 saturated heterocycles. The molecule has 0 aromatic heterocycles. The highest BCUT2D eigenvalue weighted by Crippen LogP contribution is 2.34. The van der Waals surface area contributed by atoms with Crippen molar-refractivity contribution in [2.24, 2.45) is 0 Å². The summed E-state index contributed by atoms with van der Waals surface area (Å²) in [4.78, 5) is 12.6. The van der Waals surface area contributed by atoms with E-state index in [1.54, 1.807) is 0 Å². The van der Waals surface area contributed by atoms with E-state index in [0.717, 1.165) is 5.56 Å². The lowest BCUT2D eigenvalue weighted by molar-refractivity contribution is -0.152. The van der Waals surface area contributed by atoms with Gasteiger partial charge in [-0.25, -0.2) is 0 Å². The van der Waals surface area contributed by atoms with Crippen LogP contribution in [0, 0.1) is 6.92 Å². The van der Waals surface area contributed by atoms with Gasteiger partial charge in [0.2, 0.25) is 5.91 Å². The summed E-state index contributed by atoms with van der Waals surface area (Å²) in [6.07, 6.45) is 0.519. The van der Waals surface area contributed by atoms with E-state index in [9.17, 15) is 4.79 Å². The number of nitrogens with zero attached hydrogens (tertiary/aromatic N) is 1. The largest absolute Gasteiger partial charge is 0.376 e. The van der Waals surface area contributed by atoms with Crippen LogP contribution < -0.4 is 0 Å². The van der Waals surface area contributed by atoms with Gasteiger partial charge in [-0.05, 0) is 18.1 Å². The number of β-lactam (4-membered cyclic amide) rings is 1. The van der Waals surface area contributed by atoms with Crippen LogP contribution in [0.3, 0.4) is 0 Å². The summed E-state index contributed by atoms with van der Waals surface area (Å²) in [6.45, 7) is 1.84. The van der Waals surface area contributed by atoms with E-state index in [-0.39, 0.29) is 18.7 Å². The highest BCUT2D eigenvalue weighted by Gasteiger charge is 2.36. The fourth-order valence-corrected chi connectivity index (χ4v) is 1.87. The van der Waals surface area contributed by atoms with Gasteiger partial charge in [0.25, 0.3) is 0 Å². The van der Waals surface area contributed by atoms with Crippen molar-refractivity contribution in [3.63, 3.8) is 0 Å². The number of carbonyl (C=O) groups excluding carboxylic acids is 1. The van der Waals surface area contributed by atoms with Crippen LogP contribution in [0.1, 0.15) is 23.6 Å². The van der Waals surface area contributed by atoms with Gasteiger partial charge in [0.1, 0.15) is 6.73 Å². The van der Waals surface area contributed by atoms with Gasteiger partial charge in [-0.15, -0.1) is 0 Å². The van der Waals surface area contributed by atoms with Crippen molar-refractivity contribution >= 4 is 5.91 Å². The maximum atomic E-state index is 11.1. The lowest BCUT2D eigenvalue weighted by Gasteiger charge is -2.39. The van der Waals surface area contributed by atoms with E-state index >= 15 is 0 Å². The first-order valence-electron chi connectivity index (χ1n) is 4.70. The van der Waals surface area contributed by atoms with Crippen molar-refractivity contribution < 1.29 is 9.90 Å². The average molecular weight is 191 g/mol. The average Bonchev–Trinajstić information content (AvgIpc) is 2.16. The summed E-state index contributed by atoms with van der Waals surface area (Å²) >= 11 is 0. The fourth-order valence-electron chi connectivity index (χ4n) is 1.87. The van der Waals surface area contributed by atoms with Crippen LogP contribution in [0.2, 0.25) is 0 Å². The second-order valence-electron chi connectivity index (χ2n) is 3.58. The molecule has 1 atom stereocenters. The Morgan fingerprint density at radius 2 is 2.21 bits per heavy atom. The number of hydrogen-bond acceptors (Lipinski definition) is 2. The third-order valence-corrected chi connectivity index (χ3v) is 2.76. The highest BCUT2D eigenvalue weighted by molar-refractivity contribution is 5.83. The minimum Gasteiger partial charge on any atom is -0.376 e. The van der Waals surface area contributed by atoms with Crippen molar-refractivity contribution in [1.29, 1.82) is 0 Å². The summed E-state index contributed by atoms with van der Waals surface area (Å²) < 4.78 is 0. The molecular weight excluding hydrogens is 178 g/mol. The molecule has 1 heterocycles. The van der Waals surface area contributed by atoms with Gasteiger partial charge in [-0.3, -0.25) is 4.79 Å². The van der Waals surface area contributed by atoms with E-state index in [1.165, 1.54) is 10.5 Å². The fraction of sp³-hybridized carbons (Fsp3) is 0.364. The van der Waals surface area contributed by atoms with Gasteiger partial charge in [-0.2, -0.15) is 0 Å². The Morgan fingerprint density at radius 3 is 2.79 bits per heavy atom. The molecule has 0 radical (unpaired) electrons. The second kappa shape index (κ2) is 3.42. The normalized spacial score (nSPS) is 20.9. The zero-order valence-corrected chi connectivity index (χ0v) is 8.10. The van der Waals surface area contributed by atoms with Crippen LogP contribution in [0.15, 0.2) is 24.3 Å². The van der Waals surface area contributed by atoms with Crippen LogP contribution in [0.5, 0.6) is 0 Å². The molecule has 1 N–H and O–H groups in total. The van der Waals surface area contributed by atoms with Gasteiger partial charge in [0.15, 0.2) is 0 Å². The number of rotatable bonds is 2. The summed E-state index contributed by atoms with van der Waals surface area (Å²) in [5.41, 5.74) is 2.31. The maximum Gasteiger partial charge on any atom is 0.227 e. The monoisotopic (exact) mass is 191 g/mol. The molecular formula is C11H13NO2. The van der Waals surface area contributed by atoms with Crippen LogP contribution in [0.25, 0.3) is 0 Å². The van der Waals surface area contributed by atoms with Crippen LogP contribution in [0.4, 0.5) is 0 Å². The Balaban J connectivity index is 2.25. The van der Waals surface area contributed by atoms with Crippen molar-refractivity contribution in [2.45, 2.75) is 19.4 Å². The van der Waals surface area contributed by atoms with Gasteiger partial charge in [-0.1, -0.05) is 24.3 Å². The number of benzene rings is 1. The molecule has 0 aliphatic carbocycles. The second-order valence-corrected chi connectivity index (χ2v) is 3.58. The molecule has 1 aliphatic heterocycles. The molecule has 1 aromatic carbocycles. The van der Waals surface area contributed by atoms with E-state index < -0.39 is 0 Å². The Kier molecular flexibility index (Phi) is 2.25. The molecule has 3 nitrogen and oxygen atoms in total.